The van der Waals surface area contributed by atoms with Gasteiger partial charge in [0, 0.05) is 22.7 Å². The number of nitrogens with zero attached hydrogens (tertiary/aromatic N) is 3. The predicted octanol–water partition coefficient (Wildman–Crippen LogP) is 4.34. The molecule has 4 rings (SSSR count). The molecular formula is C19H14N4O4S. The molecule has 4 aromatic rings. The zero-order valence-electron chi connectivity index (χ0n) is 14.3. The van der Waals surface area contributed by atoms with Crippen LogP contribution >= 0.6 is 0 Å². The lowest BCUT2D eigenvalue weighted by Crippen LogP contribution is -1.99. The molecule has 0 atom stereocenters. The number of nitrogen functional groups attached to an aromatic ring is 1. The minimum absolute atomic E-state index is 0.289. The van der Waals surface area contributed by atoms with Gasteiger partial charge in [0.1, 0.15) is 16.3 Å². The highest BCUT2D eigenvalue weighted by Crippen LogP contribution is 2.42. The molecule has 0 fully saturated rings. The Morgan fingerprint density at radius 3 is 2.54 bits per heavy atom. The Bertz CT molecular complexity index is 1360. The number of aromatic hydroxyl groups is 1. The Balaban J connectivity index is 1.96. The van der Waals surface area contributed by atoms with Gasteiger partial charge in [0.15, 0.2) is 5.75 Å². The number of fused-ring (bicyclic) bond motifs is 2. The van der Waals surface area contributed by atoms with Gasteiger partial charge in [-0.15, -0.1) is 10.2 Å². The fraction of sp³-hybridized carbons (Fsp3) is 0. The summed E-state index contributed by atoms with van der Waals surface area (Å²) in [6, 6.07) is 14.7. The van der Waals surface area contributed by atoms with E-state index in [1.54, 1.807) is 30.5 Å². The number of phenols is 1. The van der Waals surface area contributed by atoms with Crippen LogP contribution in [-0.4, -0.2) is 23.1 Å². The lowest BCUT2D eigenvalue weighted by atomic mass is 10.1. The Labute approximate surface area is 159 Å². The molecule has 0 unspecified atom stereocenters. The first kappa shape index (κ1) is 17.8. The summed E-state index contributed by atoms with van der Waals surface area (Å²) >= 11 is 0. The van der Waals surface area contributed by atoms with Crippen LogP contribution in [0.4, 0.5) is 17.1 Å². The minimum Gasteiger partial charge on any atom is -0.505 e. The molecule has 0 amide bonds. The Morgan fingerprint density at radius 1 is 0.964 bits per heavy atom. The van der Waals surface area contributed by atoms with Gasteiger partial charge in [0.25, 0.3) is 10.1 Å². The van der Waals surface area contributed by atoms with Gasteiger partial charge >= 0.3 is 0 Å². The molecule has 0 bridgehead atoms. The van der Waals surface area contributed by atoms with Crippen molar-refractivity contribution in [3.8, 4) is 5.75 Å². The first-order chi connectivity index (χ1) is 13.3. The van der Waals surface area contributed by atoms with Crippen LogP contribution in [0.2, 0.25) is 0 Å². The van der Waals surface area contributed by atoms with E-state index in [1.807, 2.05) is 12.1 Å². The van der Waals surface area contributed by atoms with E-state index < -0.39 is 20.8 Å². The standard InChI is InChI=1S/C19H14N4O4S/c20-13-7-6-12-9-16(28(25,26)27)18(19(24)14(12)10-13)23-22-15-5-1-3-11-4-2-8-21-17(11)15/h1-10,24H,20H2,(H,25,26,27). The summed E-state index contributed by atoms with van der Waals surface area (Å²) in [5, 5.41) is 20.1. The third-order valence-electron chi connectivity index (χ3n) is 4.22. The number of pyridine rings is 1. The molecule has 9 heteroatoms. The molecule has 0 aliphatic heterocycles. The quantitative estimate of drug-likeness (QED) is 0.268. The van der Waals surface area contributed by atoms with E-state index in [4.69, 9.17) is 5.73 Å². The number of anilines is 1. The number of azo groups is 1. The van der Waals surface area contributed by atoms with Crippen LogP contribution in [0, 0.1) is 0 Å². The van der Waals surface area contributed by atoms with Crippen molar-refractivity contribution in [2.24, 2.45) is 10.2 Å². The van der Waals surface area contributed by atoms with Crippen molar-refractivity contribution in [3.05, 3.63) is 60.8 Å². The molecular weight excluding hydrogens is 380 g/mol. The molecule has 1 aromatic heterocycles. The summed E-state index contributed by atoms with van der Waals surface area (Å²) in [7, 11) is -4.67. The van der Waals surface area contributed by atoms with Gasteiger partial charge in [-0.3, -0.25) is 9.54 Å². The van der Waals surface area contributed by atoms with Crippen LogP contribution in [0.5, 0.6) is 5.75 Å². The van der Waals surface area contributed by atoms with Gasteiger partial charge in [0.05, 0.1) is 5.52 Å². The van der Waals surface area contributed by atoms with Gasteiger partial charge in [-0.25, -0.2) is 0 Å². The summed E-state index contributed by atoms with van der Waals surface area (Å²) in [6.07, 6.45) is 1.60. The van der Waals surface area contributed by atoms with E-state index in [-0.39, 0.29) is 11.1 Å². The molecule has 0 radical (unpaired) electrons. The molecule has 3 aromatic carbocycles. The maximum Gasteiger partial charge on any atom is 0.296 e. The second-order valence-electron chi connectivity index (χ2n) is 6.08. The Morgan fingerprint density at radius 2 is 1.75 bits per heavy atom. The van der Waals surface area contributed by atoms with Crippen LogP contribution < -0.4 is 5.73 Å². The number of benzene rings is 3. The summed E-state index contributed by atoms with van der Waals surface area (Å²) in [6.45, 7) is 0. The summed E-state index contributed by atoms with van der Waals surface area (Å²) in [5.41, 5.74) is 6.69. The Hall–Kier alpha value is -3.56. The molecule has 8 nitrogen and oxygen atoms in total. The van der Waals surface area contributed by atoms with Gasteiger partial charge in [-0.1, -0.05) is 24.3 Å². The van der Waals surface area contributed by atoms with Crippen LogP contribution in [0.15, 0.2) is 75.9 Å². The average molecular weight is 394 g/mol. The lowest BCUT2D eigenvalue weighted by Gasteiger charge is -2.09. The summed E-state index contributed by atoms with van der Waals surface area (Å²) < 4.78 is 33.3. The van der Waals surface area contributed by atoms with Crippen molar-refractivity contribution in [1.29, 1.82) is 0 Å². The first-order valence-corrected chi connectivity index (χ1v) is 9.57. The Kier molecular flexibility index (Phi) is 4.17. The highest BCUT2D eigenvalue weighted by Gasteiger charge is 2.22. The number of hydrogen-bond acceptors (Lipinski definition) is 7. The molecule has 4 N–H and O–H groups in total. The third kappa shape index (κ3) is 3.13. The van der Waals surface area contributed by atoms with Gasteiger partial charge < -0.3 is 10.8 Å². The zero-order valence-corrected chi connectivity index (χ0v) is 15.1. The minimum atomic E-state index is -4.67. The van der Waals surface area contributed by atoms with Gasteiger partial charge in [-0.2, -0.15) is 8.42 Å². The first-order valence-electron chi connectivity index (χ1n) is 8.13. The highest BCUT2D eigenvalue weighted by atomic mass is 32.2. The van der Waals surface area contributed by atoms with E-state index in [1.165, 1.54) is 18.2 Å². The molecule has 0 spiro atoms. The van der Waals surface area contributed by atoms with Gasteiger partial charge in [-0.05, 0) is 35.7 Å². The van der Waals surface area contributed by atoms with Crippen molar-refractivity contribution in [1.82, 2.24) is 4.98 Å². The van der Waals surface area contributed by atoms with E-state index in [9.17, 15) is 18.1 Å². The van der Waals surface area contributed by atoms with Crippen molar-refractivity contribution in [3.63, 3.8) is 0 Å². The van der Waals surface area contributed by atoms with E-state index >= 15 is 0 Å². The SMILES string of the molecule is Nc1ccc2cc(S(=O)(=O)O)c(N=Nc3cccc4cccnc34)c(O)c2c1. The maximum atomic E-state index is 11.8. The van der Waals surface area contributed by atoms with Crippen LogP contribution in [0.3, 0.4) is 0 Å². The van der Waals surface area contributed by atoms with Crippen LogP contribution in [-0.2, 0) is 10.1 Å². The number of nitrogens with two attached hydrogens (primary N) is 1. The number of rotatable bonds is 3. The van der Waals surface area contributed by atoms with Gasteiger partial charge in [0.2, 0.25) is 0 Å². The molecule has 0 aliphatic carbocycles. The van der Waals surface area contributed by atoms with E-state index in [0.29, 0.717) is 22.3 Å². The van der Waals surface area contributed by atoms with Crippen molar-refractivity contribution < 1.29 is 18.1 Å². The van der Waals surface area contributed by atoms with Crippen molar-refractivity contribution in [2.75, 3.05) is 5.73 Å². The smallest absolute Gasteiger partial charge is 0.296 e. The largest absolute Gasteiger partial charge is 0.505 e. The number of para-hydroxylation sites is 1. The molecule has 140 valence electrons. The predicted molar refractivity (Wildman–Crippen MR) is 106 cm³/mol. The highest BCUT2D eigenvalue weighted by molar-refractivity contribution is 7.86. The summed E-state index contributed by atoms with van der Waals surface area (Å²) in [5.74, 6) is -0.450. The van der Waals surface area contributed by atoms with Crippen molar-refractivity contribution >= 4 is 48.9 Å². The molecule has 1 heterocycles. The van der Waals surface area contributed by atoms with Crippen LogP contribution in [0.25, 0.3) is 21.7 Å². The van der Waals surface area contributed by atoms with E-state index in [0.717, 1.165) is 5.39 Å². The normalized spacial score (nSPS) is 12.2. The second kappa shape index (κ2) is 6.55. The monoisotopic (exact) mass is 394 g/mol. The fourth-order valence-corrected chi connectivity index (χ4v) is 3.58. The van der Waals surface area contributed by atoms with Crippen LogP contribution in [0.1, 0.15) is 0 Å². The topological polar surface area (TPSA) is 138 Å². The molecule has 0 saturated heterocycles. The lowest BCUT2D eigenvalue weighted by molar-refractivity contribution is 0.472. The summed E-state index contributed by atoms with van der Waals surface area (Å²) in [4.78, 5) is 3.69. The molecule has 0 aliphatic rings. The van der Waals surface area contributed by atoms with Crippen molar-refractivity contribution in [2.45, 2.75) is 4.90 Å². The second-order valence-corrected chi connectivity index (χ2v) is 7.47. The zero-order chi connectivity index (χ0) is 19.9. The maximum absolute atomic E-state index is 11.8. The number of aromatic nitrogens is 1. The fourth-order valence-electron chi connectivity index (χ4n) is 2.92. The van der Waals surface area contributed by atoms with E-state index in [2.05, 4.69) is 15.2 Å². The third-order valence-corrected chi connectivity index (χ3v) is 5.09. The number of phenolic OH excluding ortho intramolecular Hbond substituents is 1. The molecule has 28 heavy (non-hydrogen) atoms. The number of hydrogen-bond donors (Lipinski definition) is 3. The average Bonchev–Trinajstić information content (AvgIpc) is 2.67. The molecule has 0 saturated carbocycles.